The summed E-state index contributed by atoms with van der Waals surface area (Å²) < 4.78 is 7.86. The standard InChI is InChI=1S/C24H24BrN7O2/c25-21-19-12-27-24(29-16-4-3-15(10-16)23(33)28-17-7-9-34-13-17)30-22(19)32(31-21)18-5-6-20-14(11-18)2-1-8-26-20/h1-2,5-6,8,11-12,15-17H,3-4,7,9-10,13H2,(H,28,33)(H,27,29,30)/t15-,16-,17?/m1/s1. The Morgan fingerprint density at radius 3 is 2.97 bits per heavy atom. The second kappa shape index (κ2) is 8.92. The zero-order valence-corrected chi connectivity index (χ0v) is 20.0. The Balaban J connectivity index is 1.21. The lowest BCUT2D eigenvalue weighted by Crippen LogP contribution is -2.38. The quantitative estimate of drug-likeness (QED) is 0.413. The first-order chi connectivity index (χ1) is 16.6. The topological polar surface area (TPSA) is 107 Å². The molecule has 2 N–H and O–H groups in total. The summed E-state index contributed by atoms with van der Waals surface area (Å²) in [5, 5.41) is 13.1. The van der Waals surface area contributed by atoms with Gasteiger partial charge in [-0.1, -0.05) is 6.07 Å². The first-order valence-electron chi connectivity index (χ1n) is 11.5. The molecule has 1 aromatic carbocycles. The number of carbonyl (C=O) groups is 1. The number of hydrogen-bond acceptors (Lipinski definition) is 7. The van der Waals surface area contributed by atoms with Gasteiger partial charge < -0.3 is 15.4 Å². The molecule has 0 spiro atoms. The van der Waals surface area contributed by atoms with Crippen molar-refractivity contribution in [3.63, 3.8) is 0 Å². The summed E-state index contributed by atoms with van der Waals surface area (Å²) in [5.41, 5.74) is 2.54. The van der Waals surface area contributed by atoms with Crippen LogP contribution in [-0.4, -0.2) is 55.9 Å². The Labute approximate surface area is 204 Å². The van der Waals surface area contributed by atoms with Crippen molar-refractivity contribution in [3.8, 4) is 5.69 Å². The van der Waals surface area contributed by atoms with Crippen molar-refractivity contribution in [3.05, 3.63) is 47.3 Å². The van der Waals surface area contributed by atoms with Crippen molar-refractivity contribution in [2.75, 3.05) is 18.5 Å². The number of ether oxygens (including phenoxy) is 1. The van der Waals surface area contributed by atoms with Crippen LogP contribution in [-0.2, 0) is 9.53 Å². The Hall–Kier alpha value is -3.11. The molecule has 6 rings (SSSR count). The van der Waals surface area contributed by atoms with Crippen molar-refractivity contribution in [1.82, 2.24) is 30.0 Å². The third-order valence-corrected chi connectivity index (χ3v) is 7.21. The zero-order valence-electron chi connectivity index (χ0n) is 18.4. The first kappa shape index (κ1) is 21.4. The fraction of sp³-hybridized carbons (Fsp3) is 0.375. The molecule has 9 nitrogen and oxygen atoms in total. The number of aromatic nitrogens is 5. The zero-order chi connectivity index (χ0) is 23.1. The van der Waals surface area contributed by atoms with Crippen LogP contribution in [0.1, 0.15) is 25.7 Å². The van der Waals surface area contributed by atoms with E-state index in [0.717, 1.165) is 54.3 Å². The molecular weight excluding hydrogens is 498 g/mol. The van der Waals surface area contributed by atoms with Crippen molar-refractivity contribution in [1.29, 1.82) is 0 Å². The smallest absolute Gasteiger partial charge is 0.224 e. The second-order valence-electron chi connectivity index (χ2n) is 8.93. The van der Waals surface area contributed by atoms with Crippen LogP contribution in [0, 0.1) is 5.92 Å². The number of amides is 1. The van der Waals surface area contributed by atoms with Gasteiger partial charge >= 0.3 is 0 Å². The molecule has 0 bridgehead atoms. The Morgan fingerprint density at radius 1 is 1.15 bits per heavy atom. The number of hydrogen-bond donors (Lipinski definition) is 2. The Kier molecular flexibility index (Phi) is 5.62. The fourth-order valence-corrected chi connectivity index (χ4v) is 5.25. The van der Waals surface area contributed by atoms with Crippen LogP contribution in [0.5, 0.6) is 0 Å². The molecule has 174 valence electrons. The normalized spacial score (nSPS) is 22.4. The summed E-state index contributed by atoms with van der Waals surface area (Å²) in [6, 6.07) is 10.3. The van der Waals surface area contributed by atoms with Gasteiger partial charge in [0.05, 0.1) is 29.2 Å². The third-order valence-electron chi connectivity index (χ3n) is 6.62. The number of nitrogens with one attached hydrogen (secondary N) is 2. The van der Waals surface area contributed by atoms with Gasteiger partial charge in [-0.2, -0.15) is 10.1 Å². The highest BCUT2D eigenvalue weighted by atomic mass is 79.9. The molecule has 1 saturated carbocycles. The number of anilines is 1. The molecule has 2 aliphatic rings. The van der Waals surface area contributed by atoms with Gasteiger partial charge in [0.1, 0.15) is 4.60 Å². The third kappa shape index (κ3) is 4.12. The van der Waals surface area contributed by atoms with Crippen LogP contribution in [0.15, 0.2) is 47.3 Å². The number of nitrogens with zero attached hydrogens (tertiary/aromatic N) is 5. The van der Waals surface area contributed by atoms with Crippen LogP contribution in [0.2, 0.25) is 0 Å². The fourth-order valence-electron chi connectivity index (χ4n) is 4.81. The number of carbonyl (C=O) groups excluding carboxylic acids is 1. The van der Waals surface area contributed by atoms with Gasteiger partial charge in [-0.15, -0.1) is 0 Å². The molecule has 1 aliphatic carbocycles. The highest BCUT2D eigenvalue weighted by Crippen LogP contribution is 2.30. The molecule has 10 heteroatoms. The van der Waals surface area contributed by atoms with Crippen LogP contribution >= 0.6 is 15.9 Å². The molecule has 2 fully saturated rings. The van der Waals surface area contributed by atoms with Crippen LogP contribution in [0.25, 0.3) is 27.6 Å². The van der Waals surface area contributed by atoms with E-state index < -0.39 is 0 Å². The molecule has 0 radical (unpaired) electrons. The highest BCUT2D eigenvalue weighted by molar-refractivity contribution is 9.10. The van der Waals surface area contributed by atoms with Crippen molar-refractivity contribution < 1.29 is 9.53 Å². The maximum atomic E-state index is 12.6. The van der Waals surface area contributed by atoms with Crippen LogP contribution in [0.3, 0.4) is 0 Å². The van der Waals surface area contributed by atoms with Crippen molar-refractivity contribution in [2.24, 2.45) is 5.92 Å². The van der Waals surface area contributed by atoms with Gasteiger partial charge in [0.25, 0.3) is 0 Å². The van der Waals surface area contributed by atoms with Gasteiger partial charge in [-0.3, -0.25) is 9.78 Å². The lowest BCUT2D eigenvalue weighted by Gasteiger charge is -2.16. The largest absolute Gasteiger partial charge is 0.379 e. The maximum Gasteiger partial charge on any atom is 0.224 e. The van der Waals surface area contributed by atoms with E-state index in [0.29, 0.717) is 22.8 Å². The predicted molar refractivity (Wildman–Crippen MR) is 132 cm³/mol. The maximum absolute atomic E-state index is 12.6. The Bertz CT molecular complexity index is 1370. The molecule has 1 amide bonds. The van der Waals surface area contributed by atoms with Crippen LogP contribution < -0.4 is 10.6 Å². The average Bonchev–Trinajstić information content (AvgIpc) is 3.60. The molecule has 1 aliphatic heterocycles. The summed E-state index contributed by atoms with van der Waals surface area (Å²) in [6.45, 7) is 1.34. The van der Waals surface area contributed by atoms with Crippen LogP contribution in [0.4, 0.5) is 5.95 Å². The van der Waals surface area contributed by atoms with E-state index in [-0.39, 0.29) is 23.9 Å². The van der Waals surface area contributed by atoms with E-state index in [1.165, 1.54) is 0 Å². The number of rotatable bonds is 5. The van der Waals surface area contributed by atoms with E-state index in [1.54, 1.807) is 12.4 Å². The number of benzene rings is 1. The monoisotopic (exact) mass is 521 g/mol. The van der Waals surface area contributed by atoms with E-state index in [2.05, 4.69) is 41.6 Å². The molecule has 1 saturated heterocycles. The summed E-state index contributed by atoms with van der Waals surface area (Å²) in [6.07, 6.45) is 6.98. The van der Waals surface area contributed by atoms with Gasteiger partial charge in [-0.25, -0.2) is 9.67 Å². The van der Waals surface area contributed by atoms with E-state index >= 15 is 0 Å². The molecule has 3 aromatic heterocycles. The minimum atomic E-state index is 0.00714. The van der Waals surface area contributed by atoms with Gasteiger partial charge in [0.2, 0.25) is 11.9 Å². The average molecular weight is 522 g/mol. The molecule has 1 unspecified atom stereocenters. The molecule has 4 heterocycles. The second-order valence-corrected chi connectivity index (χ2v) is 9.69. The summed E-state index contributed by atoms with van der Waals surface area (Å²) >= 11 is 3.54. The Morgan fingerprint density at radius 2 is 2.09 bits per heavy atom. The number of halogens is 1. The van der Waals surface area contributed by atoms with E-state index in [1.807, 2.05) is 35.0 Å². The SMILES string of the molecule is O=C(NC1CCOC1)[C@@H]1CC[C@@H](Nc2ncc3c(Br)nn(-c4ccc5ncccc5c4)c3n2)C1. The van der Waals surface area contributed by atoms with Gasteiger partial charge in [-0.05, 0) is 65.9 Å². The summed E-state index contributed by atoms with van der Waals surface area (Å²) in [5.74, 6) is 0.676. The van der Waals surface area contributed by atoms with E-state index in [9.17, 15) is 4.79 Å². The summed E-state index contributed by atoms with van der Waals surface area (Å²) in [4.78, 5) is 26.3. The van der Waals surface area contributed by atoms with Crippen molar-refractivity contribution >= 4 is 49.7 Å². The molecule has 34 heavy (non-hydrogen) atoms. The van der Waals surface area contributed by atoms with Gasteiger partial charge in [0.15, 0.2) is 5.65 Å². The van der Waals surface area contributed by atoms with E-state index in [4.69, 9.17) is 9.72 Å². The lowest BCUT2D eigenvalue weighted by molar-refractivity contribution is -0.125. The number of pyridine rings is 1. The lowest BCUT2D eigenvalue weighted by atomic mass is 10.1. The molecule has 4 aromatic rings. The number of fused-ring (bicyclic) bond motifs is 2. The molecule has 3 atom stereocenters. The van der Waals surface area contributed by atoms with Gasteiger partial charge in [0, 0.05) is 36.3 Å². The minimum absolute atomic E-state index is 0.00714. The molecular formula is C24H24BrN7O2. The summed E-state index contributed by atoms with van der Waals surface area (Å²) in [7, 11) is 0. The first-order valence-corrected chi connectivity index (χ1v) is 12.3. The minimum Gasteiger partial charge on any atom is -0.379 e. The highest BCUT2D eigenvalue weighted by Gasteiger charge is 2.32. The predicted octanol–water partition coefficient (Wildman–Crippen LogP) is 3.61. The van der Waals surface area contributed by atoms with Crippen molar-refractivity contribution in [2.45, 2.75) is 37.8 Å².